The van der Waals surface area contributed by atoms with Gasteiger partial charge in [-0.25, -0.2) is 0 Å². The van der Waals surface area contributed by atoms with Gasteiger partial charge in [-0.3, -0.25) is 9.59 Å². The third-order valence-corrected chi connectivity index (χ3v) is 3.34. The average molecular weight is 237 g/mol. The first-order valence-corrected chi connectivity index (χ1v) is 5.60. The second kappa shape index (κ2) is 4.24. The molecular formula is C12H15NO4. The Hall–Kier alpha value is -1.78. The van der Waals surface area contributed by atoms with Crippen LogP contribution in [0.4, 0.5) is 0 Å². The zero-order valence-corrected chi connectivity index (χ0v) is 9.66. The molecule has 1 saturated carbocycles. The van der Waals surface area contributed by atoms with E-state index in [2.05, 4.69) is 5.32 Å². The van der Waals surface area contributed by atoms with Crippen molar-refractivity contribution in [3.63, 3.8) is 0 Å². The first-order valence-electron chi connectivity index (χ1n) is 5.60. The fourth-order valence-electron chi connectivity index (χ4n) is 1.98. The summed E-state index contributed by atoms with van der Waals surface area (Å²) < 4.78 is 5.03. The Labute approximate surface area is 98.8 Å². The second-order valence-corrected chi connectivity index (χ2v) is 4.57. The fourth-order valence-corrected chi connectivity index (χ4v) is 1.98. The number of carboxylic acids is 1. The van der Waals surface area contributed by atoms with Gasteiger partial charge in [-0.15, -0.1) is 0 Å². The number of hydrogen-bond donors (Lipinski definition) is 2. The van der Waals surface area contributed by atoms with E-state index >= 15 is 0 Å². The summed E-state index contributed by atoms with van der Waals surface area (Å²) in [7, 11) is 0. The zero-order valence-electron chi connectivity index (χ0n) is 9.66. The minimum Gasteiger partial charge on any atom is -0.481 e. The summed E-state index contributed by atoms with van der Waals surface area (Å²) in [5, 5.41) is 11.8. The van der Waals surface area contributed by atoms with Gasteiger partial charge in [0, 0.05) is 6.54 Å². The molecule has 1 amide bonds. The zero-order chi connectivity index (χ0) is 12.5. The third-order valence-electron chi connectivity index (χ3n) is 3.34. The van der Waals surface area contributed by atoms with Gasteiger partial charge in [-0.1, -0.05) is 6.42 Å². The molecule has 17 heavy (non-hydrogen) atoms. The van der Waals surface area contributed by atoms with Crippen LogP contribution in [0, 0.1) is 12.3 Å². The summed E-state index contributed by atoms with van der Waals surface area (Å²) in [6.45, 7) is 1.94. The van der Waals surface area contributed by atoms with Crippen molar-refractivity contribution in [3.8, 4) is 0 Å². The highest BCUT2D eigenvalue weighted by Crippen LogP contribution is 2.40. The maximum absolute atomic E-state index is 11.7. The summed E-state index contributed by atoms with van der Waals surface area (Å²) in [6, 6.07) is 1.63. The molecule has 2 rings (SSSR count). The van der Waals surface area contributed by atoms with E-state index in [4.69, 9.17) is 9.52 Å². The Morgan fingerprint density at radius 3 is 2.65 bits per heavy atom. The van der Waals surface area contributed by atoms with E-state index in [1.54, 1.807) is 13.0 Å². The molecule has 1 aliphatic rings. The van der Waals surface area contributed by atoms with Crippen molar-refractivity contribution in [3.05, 3.63) is 23.7 Å². The summed E-state index contributed by atoms with van der Waals surface area (Å²) in [6.07, 6.45) is 3.55. The molecule has 0 spiro atoms. The lowest BCUT2D eigenvalue weighted by Crippen LogP contribution is -2.47. The van der Waals surface area contributed by atoms with Crippen LogP contribution in [0.5, 0.6) is 0 Å². The number of aryl methyl sites for hydroxylation is 1. The molecular weight excluding hydrogens is 222 g/mol. The van der Waals surface area contributed by atoms with Crippen molar-refractivity contribution in [2.24, 2.45) is 5.41 Å². The molecule has 0 aliphatic heterocycles. The highest BCUT2D eigenvalue weighted by Gasteiger charge is 2.44. The third kappa shape index (κ3) is 2.18. The Kier molecular flexibility index (Phi) is 2.92. The lowest BCUT2D eigenvalue weighted by atomic mass is 9.69. The molecule has 2 N–H and O–H groups in total. The summed E-state index contributed by atoms with van der Waals surface area (Å²) in [5.74, 6) is -0.450. The van der Waals surface area contributed by atoms with Crippen LogP contribution >= 0.6 is 0 Å². The van der Waals surface area contributed by atoms with Crippen LogP contribution in [0.15, 0.2) is 16.7 Å². The largest absolute Gasteiger partial charge is 0.481 e. The highest BCUT2D eigenvalue weighted by molar-refractivity contribution is 5.94. The Morgan fingerprint density at radius 2 is 2.24 bits per heavy atom. The van der Waals surface area contributed by atoms with Crippen molar-refractivity contribution in [1.29, 1.82) is 0 Å². The van der Waals surface area contributed by atoms with Gasteiger partial charge in [0.25, 0.3) is 5.91 Å². The molecule has 5 nitrogen and oxygen atoms in total. The minimum absolute atomic E-state index is 0.186. The highest BCUT2D eigenvalue weighted by atomic mass is 16.4. The van der Waals surface area contributed by atoms with Gasteiger partial charge in [-0.2, -0.15) is 0 Å². The van der Waals surface area contributed by atoms with Gasteiger partial charge >= 0.3 is 5.97 Å². The van der Waals surface area contributed by atoms with Gasteiger partial charge in [0.05, 0.1) is 11.0 Å². The fraction of sp³-hybridized carbons (Fsp3) is 0.500. The molecule has 0 unspecified atom stereocenters. The molecule has 1 fully saturated rings. The normalized spacial score (nSPS) is 17.2. The number of aliphatic carboxylic acids is 1. The van der Waals surface area contributed by atoms with E-state index in [-0.39, 0.29) is 12.5 Å². The summed E-state index contributed by atoms with van der Waals surface area (Å²) >= 11 is 0. The number of furan rings is 1. The van der Waals surface area contributed by atoms with Gasteiger partial charge in [0.15, 0.2) is 0 Å². The van der Waals surface area contributed by atoms with E-state index < -0.39 is 11.4 Å². The Morgan fingerprint density at radius 1 is 1.53 bits per heavy atom. The lowest BCUT2D eigenvalue weighted by molar-refractivity contribution is -0.153. The molecule has 1 aromatic heterocycles. The molecule has 1 aliphatic carbocycles. The molecule has 1 aromatic rings. The maximum atomic E-state index is 11.7. The monoisotopic (exact) mass is 237 g/mol. The lowest BCUT2D eigenvalue weighted by Gasteiger charge is -2.37. The summed E-state index contributed by atoms with van der Waals surface area (Å²) in [5.41, 5.74) is -0.323. The Bertz CT molecular complexity index is 445. The number of hydrogen-bond acceptors (Lipinski definition) is 3. The Balaban J connectivity index is 1.94. The standard InChI is InChI=1S/C12H15NO4/c1-8-5-9(6-17-8)10(14)13-7-12(11(15)16)3-2-4-12/h5-6H,2-4,7H2,1H3,(H,13,14)(H,15,16). The smallest absolute Gasteiger partial charge is 0.311 e. The van der Waals surface area contributed by atoms with Crippen molar-refractivity contribution in [2.75, 3.05) is 6.54 Å². The molecule has 0 atom stereocenters. The first-order chi connectivity index (χ1) is 8.03. The van der Waals surface area contributed by atoms with Crippen molar-refractivity contribution < 1.29 is 19.1 Å². The number of carboxylic acid groups (broad SMARTS) is 1. The van der Waals surface area contributed by atoms with Crippen LogP contribution in [0.2, 0.25) is 0 Å². The number of carbonyl (C=O) groups is 2. The second-order valence-electron chi connectivity index (χ2n) is 4.57. The topological polar surface area (TPSA) is 79.5 Å². The van der Waals surface area contributed by atoms with Gasteiger partial charge in [0.2, 0.25) is 0 Å². The molecule has 5 heteroatoms. The van der Waals surface area contributed by atoms with Crippen LogP contribution in [0.3, 0.4) is 0 Å². The molecule has 0 saturated heterocycles. The van der Waals surface area contributed by atoms with E-state index in [1.165, 1.54) is 6.26 Å². The predicted octanol–water partition coefficient (Wildman–Crippen LogP) is 1.57. The van der Waals surface area contributed by atoms with Crippen LogP contribution in [-0.2, 0) is 4.79 Å². The predicted molar refractivity (Wildman–Crippen MR) is 59.7 cm³/mol. The van der Waals surface area contributed by atoms with E-state index in [1.807, 2.05) is 0 Å². The molecule has 1 heterocycles. The summed E-state index contributed by atoms with van der Waals surface area (Å²) in [4.78, 5) is 22.8. The quantitative estimate of drug-likeness (QED) is 0.833. The van der Waals surface area contributed by atoms with E-state index in [9.17, 15) is 9.59 Å². The first kappa shape index (κ1) is 11.7. The van der Waals surface area contributed by atoms with Crippen LogP contribution in [0.1, 0.15) is 35.4 Å². The van der Waals surface area contributed by atoms with Crippen LogP contribution in [-0.4, -0.2) is 23.5 Å². The van der Waals surface area contributed by atoms with Crippen molar-refractivity contribution in [1.82, 2.24) is 5.32 Å². The average Bonchev–Trinajstić information content (AvgIpc) is 2.62. The number of amides is 1. The van der Waals surface area contributed by atoms with Crippen molar-refractivity contribution >= 4 is 11.9 Å². The molecule has 92 valence electrons. The SMILES string of the molecule is Cc1cc(C(=O)NCC2(C(=O)O)CCC2)co1. The van der Waals surface area contributed by atoms with Gasteiger partial charge in [-0.05, 0) is 25.8 Å². The van der Waals surface area contributed by atoms with Gasteiger partial charge in [0.1, 0.15) is 12.0 Å². The van der Waals surface area contributed by atoms with Crippen LogP contribution in [0.25, 0.3) is 0 Å². The van der Waals surface area contributed by atoms with Crippen molar-refractivity contribution in [2.45, 2.75) is 26.2 Å². The minimum atomic E-state index is -0.826. The van der Waals surface area contributed by atoms with E-state index in [0.29, 0.717) is 24.2 Å². The molecule has 0 aromatic carbocycles. The number of nitrogens with one attached hydrogen (secondary N) is 1. The maximum Gasteiger partial charge on any atom is 0.311 e. The molecule has 0 radical (unpaired) electrons. The number of rotatable bonds is 4. The number of carbonyl (C=O) groups excluding carboxylic acids is 1. The van der Waals surface area contributed by atoms with Crippen LogP contribution < -0.4 is 5.32 Å². The molecule has 0 bridgehead atoms. The van der Waals surface area contributed by atoms with Gasteiger partial charge < -0.3 is 14.8 Å². The van der Waals surface area contributed by atoms with E-state index in [0.717, 1.165) is 6.42 Å².